The maximum atomic E-state index is 13.0. The van der Waals surface area contributed by atoms with E-state index in [1.54, 1.807) is 24.3 Å². The number of hydrogen-bond donors (Lipinski definition) is 1. The lowest BCUT2D eigenvalue weighted by molar-refractivity contribution is 0.0658. The van der Waals surface area contributed by atoms with Gasteiger partial charge in [-0.2, -0.15) is 0 Å². The number of carbonyl (C=O) groups is 2. The predicted molar refractivity (Wildman–Crippen MR) is 104 cm³/mol. The fourth-order valence-electron chi connectivity index (χ4n) is 3.20. The third-order valence-corrected chi connectivity index (χ3v) is 5.50. The molecular weight excluding hydrogens is 356 g/mol. The largest absolute Gasteiger partial charge is 0.338 e. The Labute approximate surface area is 158 Å². The van der Waals surface area contributed by atoms with E-state index in [-0.39, 0.29) is 30.1 Å². The van der Waals surface area contributed by atoms with Gasteiger partial charge in [-0.3, -0.25) is 9.59 Å². The van der Waals surface area contributed by atoms with Crippen molar-refractivity contribution in [3.8, 4) is 0 Å². The van der Waals surface area contributed by atoms with E-state index < -0.39 is 0 Å². The number of nitrogens with zero attached hydrogens (tertiary/aromatic N) is 1. The molecule has 0 bridgehead atoms. The summed E-state index contributed by atoms with van der Waals surface area (Å²) in [5.41, 5.74) is 6.99. The fourth-order valence-corrected chi connectivity index (χ4v) is 3.88. The van der Waals surface area contributed by atoms with Gasteiger partial charge >= 0.3 is 0 Å². The first-order valence-electron chi connectivity index (χ1n) is 8.30. The van der Waals surface area contributed by atoms with Crippen molar-refractivity contribution in [2.75, 3.05) is 13.1 Å². The highest BCUT2D eigenvalue weighted by Gasteiger charge is 2.28. The van der Waals surface area contributed by atoms with Crippen LogP contribution in [0.1, 0.15) is 45.4 Å². The van der Waals surface area contributed by atoms with E-state index >= 15 is 0 Å². The third kappa shape index (κ3) is 4.29. The molecule has 0 aliphatic carbocycles. The summed E-state index contributed by atoms with van der Waals surface area (Å²) in [6, 6.07) is 10.8. The van der Waals surface area contributed by atoms with Crippen molar-refractivity contribution >= 4 is 35.4 Å². The van der Waals surface area contributed by atoms with Crippen LogP contribution in [0.5, 0.6) is 0 Å². The molecule has 2 N–H and O–H groups in total. The van der Waals surface area contributed by atoms with Crippen molar-refractivity contribution in [3.63, 3.8) is 0 Å². The van der Waals surface area contributed by atoms with Crippen molar-refractivity contribution in [1.82, 2.24) is 4.90 Å². The van der Waals surface area contributed by atoms with Crippen LogP contribution in [-0.4, -0.2) is 35.7 Å². The number of likely N-dealkylation sites (tertiary alicyclic amines) is 1. The topological polar surface area (TPSA) is 63.4 Å². The molecule has 1 fully saturated rings. The lowest BCUT2D eigenvalue weighted by atomic mass is 9.91. The third-order valence-electron chi connectivity index (χ3n) is 4.64. The average Bonchev–Trinajstić information content (AvgIpc) is 3.15. The second-order valence-corrected chi connectivity index (χ2v) is 7.31. The van der Waals surface area contributed by atoms with Crippen molar-refractivity contribution in [2.45, 2.75) is 25.8 Å². The number of thiophene rings is 1. The number of hydrogen-bond acceptors (Lipinski definition) is 4. The Hall–Kier alpha value is -1.69. The van der Waals surface area contributed by atoms with Gasteiger partial charge in [0.1, 0.15) is 0 Å². The number of rotatable bonds is 4. The summed E-state index contributed by atoms with van der Waals surface area (Å²) < 4.78 is 0. The predicted octanol–water partition coefficient (Wildman–Crippen LogP) is 3.60. The molecule has 0 spiro atoms. The van der Waals surface area contributed by atoms with Crippen LogP contribution in [0.4, 0.5) is 0 Å². The molecule has 1 aromatic carbocycles. The average molecular weight is 379 g/mol. The summed E-state index contributed by atoms with van der Waals surface area (Å²) in [6.07, 6.45) is 2.01. The summed E-state index contributed by atoms with van der Waals surface area (Å²) in [5.74, 6) is 0.165. The molecule has 4 nitrogen and oxygen atoms in total. The Morgan fingerprint density at radius 1 is 1.20 bits per heavy atom. The van der Waals surface area contributed by atoms with E-state index in [0.717, 1.165) is 19.4 Å². The van der Waals surface area contributed by atoms with Gasteiger partial charge in [0.15, 0.2) is 0 Å². The van der Waals surface area contributed by atoms with Gasteiger partial charge in [-0.1, -0.05) is 24.3 Å². The number of benzene rings is 1. The first kappa shape index (κ1) is 19.6. The van der Waals surface area contributed by atoms with E-state index in [1.807, 2.05) is 29.3 Å². The zero-order valence-electron chi connectivity index (χ0n) is 14.2. The molecule has 2 atom stereocenters. The van der Waals surface area contributed by atoms with Gasteiger partial charge in [-0.05, 0) is 43.2 Å². The zero-order chi connectivity index (χ0) is 17.1. The van der Waals surface area contributed by atoms with Crippen LogP contribution in [-0.2, 0) is 0 Å². The summed E-state index contributed by atoms with van der Waals surface area (Å²) in [4.78, 5) is 28.2. The maximum absolute atomic E-state index is 13.0. The standard InChI is InChI=1S/C19H22N2O2S.ClH/c1-13(20)14-6-4-10-21(12-14)19(23)16-8-3-2-7-15(16)18(22)17-9-5-11-24-17;/h2-3,5,7-9,11,13-14H,4,6,10,12,20H2,1H3;1H. The van der Waals surface area contributed by atoms with Crippen LogP contribution >= 0.6 is 23.7 Å². The van der Waals surface area contributed by atoms with Crippen LogP contribution in [0.15, 0.2) is 41.8 Å². The maximum Gasteiger partial charge on any atom is 0.254 e. The highest BCUT2D eigenvalue weighted by molar-refractivity contribution is 7.12. The lowest BCUT2D eigenvalue weighted by Crippen LogP contribution is -2.45. The molecule has 1 aliphatic heterocycles. The Morgan fingerprint density at radius 2 is 1.92 bits per heavy atom. The van der Waals surface area contributed by atoms with Gasteiger partial charge in [0.2, 0.25) is 5.78 Å². The minimum absolute atomic E-state index is 0. The van der Waals surface area contributed by atoms with Crippen LogP contribution in [0.2, 0.25) is 0 Å². The zero-order valence-corrected chi connectivity index (χ0v) is 15.8. The number of ketones is 1. The van der Waals surface area contributed by atoms with Gasteiger partial charge in [0.05, 0.1) is 10.4 Å². The van der Waals surface area contributed by atoms with Gasteiger partial charge in [0, 0.05) is 24.7 Å². The van der Waals surface area contributed by atoms with Crippen LogP contribution in [0.25, 0.3) is 0 Å². The van der Waals surface area contributed by atoms with Gasteiger partial charge in [0.25, 0.3) is 5.91 Å². The molecule has 3 rings (SSSR count). The Balaban J connectivity index is 0.00000225. The monoisotopic (exact) mass is 378 g/mol. The Bertz CT molecular complexity index is 731. The van der Waals surface area contributed by atoms with Crippen molar-refractivity contribution in [2.24, 2.45) is 11.7 Å². The van der Waals surface area contributed by atoms with Gasteiger partial charge < -0.3 is 10.6 Å². The number of piperidine rings is 1. The normalized spacial score (nSPS) is 18.3. The number of amides is 1. The van der Waals surface area contributed by atoms with Crippen LogP contribution in [0, 0.1) is 5.92 Å². The van der Waals surface area contributed by atoms with Crippen molar-refractivity contribution in [3.05, 3.63) is 57.8 Å². The highest BCUT2D eigenvalue weighted by atomic mass is 35.5. The molecule has 2 heterocycles. The first-order valence-corrected chi connectivity index (χ1v) is 9.18. The number of nitrogens with two attached hydrogens (primary N) is 1. The van der Waals surface area contributed by atoms with Crippen molar-refractivity contribution < 1.29 is 9.59 Å². The van der Waals surface area contributed by atoms with E-state index in [2.05, 4.69) is 0 Å². The minimum Gasteiger partial charge on any atom is -0.338 e. The second kappa shape index (κ2) is 8.61. The quantitative estimate of drug-likeness (QED) is 0.827. The summed E-state index contributed by atoms with van der Waals surface area (Å²) in [5, 5.41) is 1.87. The molecule has 0 saturated carbocycles. The van der Waals surface area contributed by atoms with Crippen molar-refractivity contribution in [1.29, 1.82) is 0 Å². The Morgan fingerprint density at radius 3 is 2.56 bits per heavy atom. The first-order chi connectivity index (χ1) is 11.6. The molecule has 134 valence electrons. The second-order valence-electron chi connectivity index (χ2n) is 6.36. The molecule has 1 amide bonds. The number of carbonyl (C=O) groups excluding carboxylic acids is 2. The summed E-state index contributed by atoms with van der Waals surface area (Å²) in [7, 11) is 0. The molecule has 1 aliphatic rings. The van der Waals surface area contributed by atoms with Crippen LogP contribution < -0.4 is 5.73 Å². The summed E-state index contributed by atoms with van der Waals surface area (Å²) in [6.45, 7) is 3.38. The molecular formula is C19H23ClN2O2S. The number of halogens is 1. The van der Waals surface area contributed by atoms with E-state index in [4.69, 9.17) is 5.73 Å². The molecule has 2 aromatic rings. The fraction of sp³-hybridized carbons (Fsp3) is 0.368. The lowest BCUT2D eigenvalue weighted by Gasteiger charge is -2.35. The molecule has 25 heavy (non-hydrogen) atoms. The molecule has 1 saturated heterocycles. The highest BCUT2D eigenvalue weighted by Crippen LogP contribution is 2.23. The van der Waals surface area contributed by atoms with Gasteiger partial charge in [-0.15, -0.1) is 23.7 Å². The molecule has 1 aromatic heterocycles. The van der Waals surface area contributed by atoms with E-state index in [0.29, 0.717) is 28.5 Å². The smallest absolute Gasteiger partial charge is 0.254 e. The van der Waals surface area contributed by atoms with E-state index in [1.165, 1.54) is 11.3 Å². The molecule has 0 radical (unpaired) electrons. The van der Waals surface area contributed by atoms with Crippen LogP contribution in [0.3, 0.4) is 0 Å². The molecule has 6 heteroatoms. The Kier molecular flexibility index (Phi) is 6.76. The minimum atomic E-state index is -0.0882. The SMILES string of the molecule is CC(N)C1CCCN(C(=O)c2ccccc2C(=O)c2cccs2)C1.Cl. The summed E-state index contributed by atoms with van der Waals surface area (Å²) >= 11 is 1.40. The van der Waals surface area contributed by atoms with E-state index in [9.17, 15) is 9.59 Å². The molecule has 2 unspecified atom stereocenters. The van der Waals surface area contributed by atoms with Gasteiger partial charge in [-0.25, -0.2) is 0 Å².